The topological polar surface area (TPSA) is 0 Å². The van der Waals surface area contributed by atoms with Crippen LogP contribution in [0.3, 0.4) is 0 Å². The first kappa shape index (κ1) is 11.3. The Morgan fingerprint density at radius 2 is 1.57 bits per heavy atom. The molecule has 2 heteroatoms. The fourth-order valence-corrected chi connectivity index (χ4v) is 0. The van der Waals surface area contributed by atoms with Crippen molar-refractivity contribution in [1.29, 1.82) is 0 Å². The smallest absolute Gasteiger partial charge is 1.00 e. The van der Waals surface area contributed by atoms with Gasteiger partial charge in [0.1, 0.15) is 0 Å². The maximum Gasteiger partial charge on any atom is 2.00 e. The molecule has 0 unspecified atom stereocenters. The second-order valence-corrected chi connectivity index (χ2v) is 3.46. The van der Waals surface area contributed by atoms with Crippen molar-refractivity contribution in [1.82, 2.24) is 0 Å². The molecule has 0 saturated carbocycles. The van der Waals surface area contributed by atoms with Gasteiger partial charge in [0.15, 0.2) is 0 Å². The summed E-state index contributed by atoms with van der Waals surface area (Å²) in [6.45, 7) is 6.71. The van der Waals surface area contributed by atoms with E-state index in [2.05, 4.69) is 43.4 Å². The van der Waals surface area contributed by atoms with E-state index in [1.165, 1.54) is 4.43 Å². The molecular weight excluding hydrogens is 211 g/mol. The molecule has 0 N–H and O–H groups in total. The molecule has 0 bridgehead atoms. The molecule has 0 spiro atoms. The molecule has 0 radical (unpaired) electrons. The first-order valence-corrected chi connectivity index (χ1v) is 3.65. The van der Waals surface area contributed by atoms with Gasteiger partial charge in [-0.05, 0) is 5.41 Å². The Balaban J connectivity index is -0.0000000417. The monoisotopic (exact) mass is 224 g/mol. The van der Waals surface area contributed by atoms with E-state index in [0.29, 0.717) is 5.41 Å². The van der Waals surface area contributed by atoms with Crippen LogP contribution in [-0.2, 0) is 0 Å². The Hall–Kier alpha value is 1.50. The molecule has 0 aliphatic rings. The molecule has 0 fully saturated rings. The minimum absolute atomic E-state index is 0. The zero-order valence-corrected chi connectivity index (χ0v) is 8.86. The van der Waals surface area contributed by atoms with Crippen molar-refractivity contribution in [3.63, 3.8) is 0 Å². The van der Waals surface area contributed by atoms with Gasteiger partial charge in [0.05, 0.1) is 0 Å². The van der Waals surface area contributed by atoms with Crippen molar-refractivity contribution in [3.8, 4) is 0 Å². The van der Waals surface area contributed by atoms with Crippen LogP contribution in [0.2, 0.25) is 0 Å². The Labute approximate surface area is 78.7 Å². The number of alkyl halides is 1. The largest absolute Gasteiger partial charge is 2.00 e. The van der Waals surface area contributed by atoms with Crippen LogP contribution in [-0.4, -0.2) is 27.5 Å². The van der Waals surface area contributed by atoms with E-state index in [1.54, 1.807) is 0 Å². The molecule has 0 heterocycles. The van der Waals surface area contributed by atoms with E-state index in [0.717, 1.165) is 0 Å². The van der Waals surface area contributed by atoms with E-state index in [4.69, 9.17) is 0 Å². The molecule has 0 aliphatic carbocycles. The van der Waals surface area contributed by atoms with Crippen molar-refractivity contribution < 1.29 is 2.85 Å². The minimum Gasteiger partial charge on any atom is -1.00 e. The number of halogens is 1. The summed E-state index contributed by atoms with van der Waals surface area (Å²) >= 11 is 2.39. The van der Waals surface area contributed by atoms with Crippen molar-refractivity contribution in [2.75, 3.05) is 4.43 Å². The van der Waals surface area contributed by atoms with Gasteiger partial charge in [-0.2, -0.15) is 0 Å². The molecule has 0 aromatic heterocycles. The quantitative estimate of drug-likeness (QED) is 0.336. The first-order valence-electron chi connectivity index (χ1n) is 2.12. The predicted molar refractivity (Wildman–Crippen MR) is 46.3 cm³/mol. The predicted octanol–water partition coefficient (Wildman–Crippen LogP) is 2.31. The molecule has 0 aromatic carbocycles. The number of hydrogen-bond acceptors (Lipinski definition) is 0. The van der Waals surface area contributed by atoms with Crippen LogP contribution in [0.4, 0.5) is 0 Å². The summed E-state index contributed by atoms with van der Waals surface area (Å²) in [6, 6.07) is 0. The summed E-state index contributed by atoms with van der Waals surface area (Å²) < 4.78 is 1.24. The molecule has 0 nitrogen and oxygen atoms in total. The SMILES string of the molecule is CC(C)(C)CI.[H-].[H-].[Mg+2]. The summed E-state index contributed by atoms with van der Waals surface area (Å²) in [5.74, 6) is 0. The molecule has 0 saturated heterocycles. The van der Waals surface area contributed by atoms with Crippen molar-refractivity contribution in [2.45, 2.75) is 20.8 Å². The zero-order valence-electron chi connectivity index (χ0n) is 7.29. The Morgan fingerprint density at radius 3 is 1.57 bits per heavy atom. The van der Waals surface area contributed by atoms with Crippen molar-refractivity contribution in [2.24, 2.45) is 5.41 Å². The Kier molecular flexibility index (Phi) is 7.08. The first-order chi connectivity index (χ1) is 2.56. The summed E-state index contributed by atoms with van der Waals surface area (Å²) in [7, 11) is 0. The van der Waals surface area contributed by atoms with Crippen LogP contribution >= 0.6 is 22.6 Å². The fourth-order valence-electron chi connectivity index (χ4n) is 0. The summed E-state index contributed by atoms with van der Waals surface area (Å²) in [4.78, 5) is 0. The third-order valence-corrected chi connectivity index (χ3v) is 2.69. The molecule has 0 aromatic rings. The van der Waals surface area contributed by atoms with Crippen molar-refractivity contribution in [3.05, 3.63) is 0 Å². The Morgan fingerprint density at radius 1 is 1.43 bits per heavy atom. The molecule has 0 rings (SSSR count). The average Bonchev–Trinajstić information content (AvgIpc) is 1.35. The van der Waals surface area contributed by atoms with Gasteiger partial charge in [0.2, 0.25) is 0 Å². The van der Waals surface area contributed by atoms with Crippen molar-refractivity contribution >= 4 is 45.6 Å². The minimum atomic E-state index is 0. The van der Waals surface area contributed by atoms with Gasteiger partial charge in [-0.3, -0.25) is 0 Å². The van der Waals surface area contributed by atoms with Crippen LogP contribution < -0.4 is 0 Å². The van der Waals surface area contributed by atoms with Crippen LogP contribution in [0.25, 0.3) is 0 Å². The third-order valence-electron chi connectivity index (χ3n) is 0.401. The second kappa shape index (κ2) is 4.38. The third kappa shape index (κ3) is 11.2. The van der Waals surface area contributed by atoms with Gasteiger partial charge < -0.3 is 2.85 Å². The maximum absolute atomic E-state index is 2.39. The molecule has 0 atom stereocenters. The normalized spacial score (nSPS) is 10.3. The average molecular weight is 224 g/mol. The molecular formula is C5H13IMg. The summed E-state index contributed by atoms with van der Waals surface area (Å²) in [5.41, 5.74) is 0.528. The van der Waals surface area contributed by atoms with Crippen LogP contribution in [0, 0.1) is 5.41 Å². The zero-order chi connectivity index (χ0) is 5.21. The molecule has 0 amide bonds. The fraction of sp³-hybridized carbons (Fsp3) is 1.00. The summed E-state index contributed by atoms with van der Waals surface area (Å²) in [5, 5.41) is 0. The van der Waals surface area contributed by atoms with Gasteiger partial charge >= 0.3 is 23.1 Å². The second-order valence-electron chi connectivity index (χ2n) is 2.69. The number of rotatable bonds is 0. The van der Waals surface area contributed by atoms with E-state index in [9.17, 15) is 0 Å². The molecule has 7 heavy (non-hydrogen) atoms. The number of hydrogen-bond donors (Lipinski definition) is 0. The van der Waals surface area contributed by atoms with Gasteiger partial charge in [-0.1, -0.05) is 43.4 Å². The van der Waals surface area contributed by atoms with Gasteiger partial charge in [-0.15, -0.1) is 0 Å². The molecule has 0 aliphatic heterocycles. The van der Waals surface area contributed by atoms with Crippen LogP contribution in [0.1, 0.15) is 23.6 Å². The van der Waals surface area contributed by atoms with Gasteiger partial charge in [0.25, 0.3) is 0 Å². The van der Waals surface area contributed by atoms with Crippen LogP contribution in [0.15, 0.2) is 0 Å². The maximum atomic E-state index is 2.39. The van der Waals surface area contributed by atoms with E-state index in [1.807, 2.05) is 0 Å². The van der Waals surface area contributed by atoms with E-state index < -0.39 is 0 Å². The summed E-state index contributed by atoms with van der Waals surface area (Å²) in [6.07, 6.45) is 0. The van der Waals surface area contributed by atoms with E-state index >= 15 is 0 Å². The molecule has 42 valence electrons. The van der Waals surface area contributed by atoms with E-state index in [-0.39, 0.29) is 25.9 Å². The Bertz CT molecular complexity index is 44.7. The van der Waals surface area contributed by atoms with Gasteiger partial charge in [-0.25, -0.2) is 0 Å². The van der Waals surface area contributed by atoms with Gasteiger partial charge in [0, 0.05) is 4.43 Å². The van der Waals surface area contributed by atoms with Crippen LogP contribution in [0.5, 0.6) is 0 Å². The standard InChI is InChI=1S/C5H11I.Mg.2H/c1-5(2,3)4-6;;;/h4H2,1-3H3;;;/q;+2;2*-1.